The summed E-state index contributed by atoms with van der Waals surface area (Å²) in [7, 11) is 0. The third-order valence-electron chi connectivity index (χ3n) is 3.33. The largest absolute Gasteiger partial charge is 0.388 e. The summed E-state index contributed by atoms with van der Waals surface area (Å²) in [6.07, 6.45) is 7.03. The summed E-state index contributed by atoms with van der Waals surface area (Å²) in [5.74, 6) is 0. The number of pyridine rings is 1. The quantitative estimate of drug-likeness (QED) is 0.770. The summed E-state index contributed by atoms with van der Waals surface area (Å²) >= 11 is 0. The zero-order valence-corrected chi connectivity index (χ0v) is 11.0. The molecule has 18 heavy (non-hydrogen) atoms. The van der Waals surface area contributed by atoms with Crippen LogP contribution in [-0.2, 0) is 0 Å². The number of nitrogens with zero attached hydrogens (tertiary/aromatic N) is 1. The standard InChI is InChI=1S/C16H21NO/c1-2-3-4-5-10-16(18)14-11-13-8-6-7-9-15(13)17-12-14/h6-9,11-12,16,18H,2-5,10H2,1H3. The van der Waals surface area contributed by atoms with E-state index in [-0.39, 0.29) is 6.10 Å². The van der Waals surface area contributed by atoms with Crippen molar-refractivity contribution >= 4 is 10.9 Å². The van der Waals surface area contributed by atoms with E-state index in [2.05, 4.69) is 11.9 Å². The number of rotatable bonds is 6. The number of fused-ring (bicyclic) bond motifs is 1. The predicted molar refractivity (Wildman–Crippen MR) is 75.5 cm³/mol. The first-order valence-electron chi connectivity index (χ1n) is 6.84. The van der Waals surface area contributed by atoms with Crippen LogP contribution in [0.25, 0.3) is 10.9 Å². The van der Waals surface area contributed by atoms with Gasteiger partial charge in [0.15, 0.2) is 0 Å². The number of para-hydroxylation sites is 1. The number of benzene rings is 1. The molecule has 2 rings (SSSR count). The molecule has 1 atom stereocenters. The zero-order chi connectivity index (χ0) is 12.8. The molecule has 1 aromatic heterocycles. The fraction of sp³-hybridized carbons (Fsp3) is 0.438. The maximum Gasteiger partial charge on any atom is 0.0805 e. The van der Waals surface area contributed by atoms with Crippen LogP contribution in [0.2, 0.25) is 0 Å². The van der Waals surface area contributed by atoms with Crippen molar-refractivity contribution in [2.45, 2.75) is 45.1 Å². The van der Waals surface area contributed by atoms with Gasteiger partial charge in [-0.05, 0) is 24.1 Å². The van der Waals surface area contributed by atoms with E-state index < -0.39 is 0 Å². The lowest BCUT2D eigenvalue weighted by molar-refractivity contribution is 0.163. The minimum atomic E-state index is -0.376. The van der Waals surface area contributed by atoms with Gasteiger partial charge in [0.1, 0.15) is 0 Å². The highest BCUT2D eigenvalue weighted by molar-refractivity contribution is 5.78. The molecule has 0 saturated carbocycles. The molecule has 0 aliphatic rings. The van der Waals surface area contributed by atoms with Crippen molar-refractivity contribution in [2.24, 2.45) is 0 Å². The van der Waals surface area contributed by atoms with Gasteiger partial charge in [0.05, 0.1) is 11.6 Å². The van der Waals surface area contributed by atoms with E-state index >= 15 is 0 Å². The average molecular weight is 243 g/mol. The molecule has 1 heterocycles. The van der Waals surface area contributed by atoms with Gasteiger partial charge in [-0.2, -0.15) is 0 Å². The third-order valence-corrected chi connectivity index (χ3v) is 3.33. The number of aliphatic hydroxyl groups excluding tert-OH is 1. The van der Waals surface area contributed by atoms with Crippen molar-refractivity contribution in [3.63, 3.8) is 0 Å². The van der Waals surface area contributed by atoms with Gasteiger partial charge in [0.25, 0.3) is 0 Å². The lowest BCUT2D eigenvalue weighted by Crippen LogP contribution is -1.98. The molecule has 2 nitrogen and oxygen atoms in total. The molecule has 0 radical (unpaired) electrons. The van der Waals surface area contributed by atoms with Crippen LogP contribution in [0.4, 0.5) is 0 Å². The molecular weight excluding hydrogens is 222 g/mol. The average Bonchev–Trinajstić information content (AvgIpc) is 2.43. The zero-order valence-electron chi connectivity index (χ0n) is 11.0. The Kier molecular flexibility index (Phi) is 4.71. The Hall–Kier alpha value is -1.41. The third kappa shape index (κ3) is 3.30. The molecule has 2 heteroatoms. The lowest BCUT2D eigenvalue weighted by Gasteiger charge is -2.11. The Morgan fingerprint density at radius 3 is 2.83 bits per heavy atom. The van der Waals surface area contributed by atoms with Crippen molar-refractivity contribution in [1.82, 2.24) is 4.98 Å². The highest BCUT2D eigenvalue weighted by Crippen LogP contribution is 2.22. The van der Waals surface area contributed by atoms with Crippen LogP contribution >= 0.6 is 0 Å². The molecule has 1 N–H and O–H groups in total. The first kappa shape index (κ1) is 13.0. The van der Waals surface area contributed by atoms with Gasteiger partial charge in [-0.3, -0.25) is 4.98 Å². The molecule has 0 amide bonds. The highest BCUT2D eigenvalue weighted by atomic mass is 16.3. The summed E-state index contributed by atoms with van der Waals surface area (Å²) < 4.78 is 0. The van der Waals surface area contributed by atoms with E-state index in [9.17, 15) is 5.11 Å². The Morgan fingerprint density at radius 1 is 1.17 bits per heavy atom. The van der Waals surface area contributed by atoms with E-state index in [1.165, 1.54) is 19.3 Å². The maximum atomic E-state index is 10.1. The van der Waals surface area contributed by atoms with Crippen molar-refractivity contribution in [2.75, 3.05) is 0 Å². The Morgan fingerprint density at radius 2 is 2.00 bits per heavy atom. The fourth-order valence-corrected chi connectivity index (χ4v) is 2.20. The number of aromatic nitrogens is 1. The molecule has 1 aromatic carbocycles. The van der Waals surface area contributed by atoms with Crippen LogP contribution in [0.5, 0.6) is 0 Å². The Balaban J connectivity index is 2.01. The lowest BCUT2D eigenvalue weighted by atomic mass is 10.0. The second-order valence-electron chi connectivity index (χ2n) is 4.83. The van der Waals surface area contributed by atoms with Crippen molar-refractivity contribution in [1.29, 1.82) is 0 Å². The summed E-state index contributed by atoms with van der Waals surface area (Å²) in [4.78, 5) is 4.39. The van der Waals surface area contributed by atoms with Crippen LogP contribution in [0.3, 0.4) is 0 Å². The minimum absolute atomic E-state index is 0.376. The summed E-state index contributed by atoms with van der Waals surface area (Å²) in [6.45, 7) is 2.20. The van der Waals surface area contributed by atoms with Gasteiger partial charge in [-0.15, -0.1) is 0 Å². The molecule has 1 unspecified atom stereocenters. The molecular formula is C16H21NO. The SMILES string of the molecule is CCCCCCC(O)c1cnc2ccccc2c1. The number of hydrogen-bond acceptors (Lipinski definition) is 2. The first-order chi connectivity index (χ1) is 8.81. The molecule has 0 fully saturated rings. The van der Waals surface area contributed by atoms with Crippen LogP contribution in [0.15, 0.2) is 36.5 Å². The van der Waals surface area contributed by atoms with Crippen LogP contribution in [-0.4, -0.2) is 10.1 Å². The summed E-state index contributed by atoms with van der Waals surface area (Å²) in [6, 6.07) is 10.1. The number of aliphatic hydroxyl groups is 1. The Labute approximate surface area is 109 Å². The van der Waals surface area contributed by atoms with E-state index in [4.69, 9.17) is 0 Å². The van der Waals surface area contributed by atoms with Crippen molar-refractivity contribution in [3.05, 3.63) is 42.1 Å². The van der Waals surface area contributed by atoms with Gasteiger partial charge >= 0.3 is 0 Å². The van der Waals surface area contributed by atoms with Crippen molar-refractivity contribution < 1.29 is 5.11 Å². The molecule has 96 valence electrons. The first-order valence-corrected chi connectivity index (χ1v) is 6.84. The van der Waals surface area contributed by atoms with E-state index in [1.807, 2.05) is 30.3 Å². The molecule has 0 aliphatic carbocycles. The van der Waals surface area contributed by atoms with E-state index in [1.54, 1.807) is 6.20 Å². The molecule has 0 spiro atoms. The van der Waals surface area contributed by atoms with Crippen molar-refractivity contribution in [3.8, 4) is 0 Å². The fourth-order valence-electron chi connectivity index (χ4n) is 2.20. The molecule has 0 saturated heterocycles. The molecule has 0 bridgehead atoms. The van der Waals surface area contributed by atoms with E-state index in [0.717, 1.165) is 29.3 Å². The molecule has 0 aliphatic heterocycles. The summed E-state index contributed by atoms with van der Waals surface area (Å²) in [5, 5.41) is 11.2. The smallest absolute Gasteiger partial charge is 0.0805 e. The van der Waals surface area contributed by atoms with Gasteiger partial charge in [-0.25, -0.2) is 0 Å². The minimum Gasteiger partial charge on any atom is -0.388 e. The number of hydrogen-bond donors (Lipinski definition) is 1. The van der Waals surface area contributed by atoms with E-state index in [0.29, 0.717) is 0 Å². The second kappa shape index (κ2) is 6.50. The maximum absolute atomic E-state index is 10.1. The van der Waals surface area contributed by atoms with Gasteiger partial charge in [0, 0.05) is 11.6 Å². The predicted octanol–water partition coefficient (Wildman–Crippen LogP) is 4.24. The highest BCUT2D eigenvalue weighted by Gasteiger charge is 2.08. The second-order valence-corrected chi connectivity index (χ2v) is 4.83. The van der Waals surface area contributed by atoms with Crippen LogP contribution < -0.4 is 0 Å². The molecule has 2 aromatic rings. The van der Waals surface area contributed by atoms with Crippen LogP contribution in [0, 0.1) is 0 Å². The topological polar surface area (TPSA) is 33.1 Å². The summed E-state index contributed by atoms with van der Waals surface area (Å²) in [5.41, 5.74) is 1.92. The van der Waals surface area contributed by atoms with Gasteiger partial charge in [0.2, 0.25) is 0 Å². The Bertz CT molecular complexity index is 495. The normalized spacial score (nSPS) is 12.8. The van der Waals surface area contributed by atoms with Gasteiger partial charge < -0.3 is 5.11 Å². The number of unbranched alkanes of at least 4 members (excludes halogenated alkanes) is 3. The monoisotopic (exact) mass is 243 g/mol. The van der Waals surface area contributed by atoms with Gasteiger partial charge in [-0.1, -0.05) is 50.8 Å². The van der Waals surface area contributed by atoms with Crippen LogP contribution in [0.1, 0.15) is 50.7 Å².